The molecular weight excluding hydrogens is 326 g/mol. The van der Waals surface area contributed by atoms with Crippen molar-refractivity contribution in [3.05, 3.63) is 65.2 Å². The molecule has 0 aliphatic heterocycles. The van der Waals surface area contributed by atoms with Crippen LogP contribution in [0, 0.1) is 0 Å². The Labute approximate surface area is 157 Å². The standard InChI is InChI=1S/C21H29N3S/c1-4-17-8-7-9-20(14-17)23-21(25)22-15-18-10-12-19(13-11-18)16-24(5-2)6-3/h7-14H,4-6,15-16H2,1-3H3,(H2,22,23,25). The van der Waals surface area contributed by atoms with Crippen LogP contribution in [0.15, 0.2) is 48.5 Å². The summed E-state index contributed by atoms with van der Waals surface area (Å²) >= 11 is 5.40. The van der Waals surface area contributed by atoms with Gasteiger partial charge in [-0.2, -0.15) is 0 Å². The van der Waals surface area contributed by atoms with E-state index in [1.165, 1.54) is 16.7 Å². The Morgan fingerprint density at radius 3 is 2.24 bits per heavy atom. The van der Waals surface area contributed by atoms with Crippen LogP contribution >= 0.6 is 12.2 Å². The highest BCUT2D eigenvalue weighted by Crippen LogP contribution is 2.11. The van der Waals surface area contributed by atoms with Crippen LogP contribution in [0.1, 0.15) is 37.5 Å². The van der Waals surface area contributed by atoms with E-state index in [0.29, 0.717) is 5.11 Å². The summed E-state index contributed by atoms with van der Waals surface area (Å²) in [5, 5.41) is 7.18. The van der Waals surface area contributed by atoms with Crippen LogP contribution in [0.3, 0.4) is 0 Å². The monoisotopic (exact) mass is 355 g/mol. The third-order valence-corrected chi connectivity index (χ3v) is 4.62. The fourth-order valence-electron chi connectivity index (χ4n) is 2.69. The lowest BCUT2D eigenvalue weighted by molar-refractivity contribution is 0.296. The van der Waals surface area contributed by atoms with Crippen LogP contribution in [-0.4, -0.2) is 23.1 Å². The zero-order valence-electron chi connectivity index (χ0n) is 15.5. The molecule has 0 aliphatic carbocycles. The maximum Gasteiger partial charge on any atom is 0.171 e. The van der Waals surface area contributed by atoms with E-state index in [-0.39, 0.29) is 0 Å². The van der Waals surface area contributed by atoms with Gasteiger partial charge in [0.1, 0.15) is 0 Å². The van der Waals surface area contributed by atoms with Crippen LogP contribution in [0.4, 0.5) is 5.69 Å². The van der Waals surface area contributed by atoms with Crippen LogP contribution in [0.25, 0.3) is 0 Å². The first-order valence-electron chi connectivity index (χ1n) is 9.08. The molecule has 0 aliphatic rings. The van der Waals surface area contributed by atoms with Crippen molar-refractivity contribution < 1.29 is 0 Å². The Hall–Kier alpha value is -1.91. The highest BCUT2D eigenvalue weighted by Gasteiger charge is 2.02. The van der Waals surface area contributed by atoms with Gasteiger partial charge in [-0.15, -0.1) is 0 Å². The minimum Gasteiger partial charge on any atom is -0.358 e. The molecule has 4 heteroatoms. The average molecular weight is 356 g/mol. The molecule has 0 saturated heterocycles. The second-order valence-electron chi connectivity index (χ2n) is 6.14. The number of anilines is 1. The van der Waals surface area contributed by atoms with Crippen LogP contribution in [0.5, 0.6) is 0 Å². The van der Waals surface area contributed by atoms with Crippen molar-refractivity contribution in [3.63, 3.8) is 0 Å². The van der Waals surface area contributed by atoms with Gasteiger partial charge in [0.25, 0.3) is 0 Å². The first kappa shape index (κ1) is 19.4. The molecule has 0 fully saturated rings. The minimum absolute atomic E-state index is 0.653. The van der Waals surface area contributed by atoms with Gasteiger partial charge in [0.05, 0.1) is 0 Å². The van der Waals surface area contributed by atoms with Gasteiger partial charge in [-0.3, -0.25) is 4.90 Å². The number of benzene rings is 2. The summed E-state index contributed by atoms with van der Waals surface area (Å²) in [4.78, 5) is 2.41. The summed E-state index contributed by atoms with van der Waals surface area (Å²) in [6.07, 6.45) is 1.02. The molecule has 0 bridgehead atoms. The van der Waals surface area contributed by atoms with Crippen molar-refractivity contribution >= 4 is 23.0 Å². The number of hydrogen-bond donors (Lipinski definition) is 2. The van der Waals surface area contributed by atoms with Crippen LogP contribution in [-0.2, 0) is 19.5 Å². The average Bonchev–Trinajstić information content (AvgIpc) is 2.65. The van der Waals surface area contributed by atoms with Gasteiger partial charge in [-0.05, 0) is 60.6 Å². The molecule has 0 atom stereocenters. The maximum atomic E-state index is 5.40. The Bertz CT molecular complexity index is 663. The molecule has 2 rings (SSSR count). The predicted molar refractivity (Wildman–Crippen MR) is 112 cm³/mol. The van der Waals surface area contributed by atoms with E-state index in [9.17, 15) is 0 Å². The Balaban J connectivity index is 1.83. The number of nitrogens with one attached hydrogen (secondary N) is 2. The molecule has 0 saturated carbocycles. The third kappa shape index (κ3) is 6.48. The number of nitrogens with zero attached hydrogens (tertiary/aromatic N) is 1. The van der Waals surface area contributed by atoms with Gasteiger partial charge in [-0.25, -0.2) is 0 Å². The van der Waals surface area contributed by atoms with Crippen LogP contribution < -0.4 is 10.6 Å². The van der Waals surface area contributed by atoms with E-state index >= 15 is 0 Å². The van der Waals surface area contributed by atoms with E-state index < -0.39 is 0 Å². The summed E-state index contributed by atoms with van der Waals surface area (Å²) in [5.74, 6) is 0. The molecule has 25 heavy (non-hydrogen) atoms. The van der Waals surface area contributed by atoms with Crippen molar-refractivity contribution in [2.75, 3.05) is 18.4 Å². The molecule has 0 heterocycles. The maximum absolute atomic E-state index is 5.40. The number of aryl methyl sites for hydroxylation is 1. The molecule has 0 spiro atoms. The quantitative estimate of drug-likeness (QED) is 0.678. The molecule has 134 valence electrons. The summed E-state index contributed by atoms with van der Waals surface area (Å²) < 4.78 is 0. The Morgan fingerprint density at radius 2 is 1.60 bits per heavy atom. The van der Waals surface area contributed by atoms with Crippen molar-refractivity contribution in [2.24, 2.45) is 0 Å². The molecule has 0 radical (unpaired) electrons. The van der Waals surface area contributed by atoms with Crippen molar-refractivity contribution in [1.29, 1.82) is 0 Å². The van der Waals surface area contributed by atoms with Gasteiger partial charge >= 0.3 is 0 Å². The topological polar surface area (TPSA) is 27.3 Å². The molecule has 3 nitrogen and oxygen atoms in total. The lowest BCUT2D eigenvalue weighted by Gasteiger charge is -2.18. The smallest absolute Gasteiger partial charge is 0.171 e. The molecular formula is C21H29N3S. The van der Waals surface area contributed by atoms with Crippen LogP contribution in [0.2, 0.25) is 0 Å². The highest BCUT2D eigenvalue weighted by atomic mass is 32.1. The summed E-state index contributed by atoms with van der Waals surface area (Å²) in [5.41, 5.74) is 4.92. The lowest BCUT2D eigenvalue weighted by atomic mass is 10.1. The first-order valence-corrected chi connectivity index (χ1v) is 9.49. The third-order valence-electron chi connectivity index (χ3n) is 4.37. The van der Waals surface area contributed by atoms with Gasteiger partial charge < -0.3 is 10.6 Å². The molecule has 2 aromatic rings. The lowest BCUT2D eigenvalue weighted by Crippen LogP contribution is -2.28. The Kier molecular flexibility index (Phi) is 7.89. The van der Waals surface area contributed by atoms with E-state index in [1.54, 1.807) is 0 Å². The summed E-state index contributed by atoms with van der Waals surface area (Å²) in [6, 6.07) is 17.1. The van der Waals surface area contributed by atoms with E-state index in [2.05, 4.69) is 78.8 Å². The normalized spacial score (nSPS) is 10.7. The number of rotatable bonds is 8. The number of thiocarbonyl (C=S) groups is 1. The Morgan fingerprint density at radius 1 is 0.920 bits per heavy atom. The number of hydrogen-bond acceptors (Lipinski definition) is 2. The van der Waals surface area contributed by atoms with E-state index in [4.69, 9.17) is 12.2 Å². The fourth-order valence-corrected chi connectivity index (χ4v) is 2.88. The van der Waals surface area contributed by atoms with Gasteiger partial charge in [0, 0.05) is 18.8 Å². The SMILES string of the molecule is CCc1cccc(NC(=S)NCc2ccc(CN(CC)CC)cc2)c1. The first-order chi connectivity index (χ1) is 12.1. The largest absolute Gasteiger partial charge is 0.358 e. The van der Waals surface area contributed by atoms with Crippen molar-refractivity contribution in [1.82, 2.24) is 10.2 Å². The van der Waals surface area contributed by atoms with Crippen molar-refractivity contribution in [2.45, 2.75) is 40.3 Å². The van der Waals surface area contributed by atoms with Gasteiger partial charge in [-0.1, -0.05) is 57.2 Å². The minimum atomic E-state index is 0.653. The molecule has 0 aromatic heterocycles. The highest BCUT2D eigenvalue weighted by molar-refractivity contribution is 7.80. The second kappa shape index (κ2) is 10.2. The van der Waals surface area contributed by atoms with Gasteiger partial charge in [0.15, 0.2) is 5.11 Å². The molecule has 0 amide bonds. The van der Waals surface area contributed by atoms with E-state index in [1.807, 2.05) is 6.07 Å². The molecule has 0 unspecified atom stereocenters. The zero-order valence-corrected chi connectivity index (χ0v) is 16.3. The second-order valence-corrected chi connectivity index (χ2v) is 6.55. The van der Waals surface area contributed by atoms with Gasteiger partial charge in [0.2, 0.25) is 0 Å². The molecule has 2 N–H and O–H groups in total. The summed E-state index contributed by atoms with van der Waals surface area (Å²) in [6.45, 7) is 10.5. The van der Waals surface area contributed by atoms with Crippen molar-refractivity contribution in [3.8, 4) is 0 Å². The van der Waals surface area contributed by atoms with E-state index in [0.717, 1.165) is 38.3 Å². The summed E-state index contributed by atoms with van der Waals surface area (Å²) in [7, 11) is 0. The predicted octanol–water partition coefficient (Wildman–Crippen LogP) is 4.58. The fraction of sp³-hybridized carbons (Fsp3) is 0.381. The zero-order chi connectivity index (χ0) is 18.1. The molecule has 2 aromatic carbocycles.